The maximum atomic E-state index is 14.1. The fourth-order valence-electron chi connectivity index (χ4n) is 5.31. The first kappa shape index (κ1) is 28.4. The molecule has 4 aromatic rings. The molecule has 0 heterocycles. The molecule has 1 aliphatic rings. The van der Waals surface area contributed by atoms with E-state index in [0.717, 1.165) is 36.8 Å². The van der Waals surface area contributed by atoms with Crippen LogP contribution in [0.1, 0.15) is 24.0 Å². The Hall–Kier alpha value is -4.08. The van der Waals surface area contributed by atoms with Crippen molar-refractivity contribution < 1.29 is 21.6 Å². The standard InChI is InChI=1S/C32H32N2O5S2/c1-3-23-34(41(37,38)26-16-8-5-9-17-26)29-20-12-19-28(33-40(35,36)25-14-6-4-7-15-25)32(29)31-27-18-11-10-13-24(27)21-22-30(31)39-2/h3-9,12,14-17,19-22,33H,1,10-11,13,18,23H2,2H3. The number of methoxy groups -OCH3 is 1. The number of rotatable bonds is 10. The van der Waals surface area contributed by atoms with Crippen molar-refractivity contribution in [3.8, 4) is 16.9 Å². The quantitative estimate of drug-likeness (QED) is 0.216. The first-order valence-electron chi connectivity index (χ1n) is 13.4. The first-order chi connectivity index (χ1) is 19.8. The number of nitrogens with one attached hydrogen (secondary N) is 1. The molecular weight excluding hydrogens is 556 g/mol. The smallest absolute Gasteiger partial charge is 0.264 e. The molecule has 0 radical (unpaired) electrons. The molecular formula is C32H32N2O5S2. The van der Waals surface area contributed by atoms with E-state index in [9.17, 15) is 16.8 Å². The van der Waals surface area contributed by atoms with E-state index in [-0.39, 0.29) is 22.0 Å². The lowest BCUT2D eigenvalue weighted by atomic mass is 9.84. The van der Waals surface area contributed by atoms with Crippen LogP contribution in [-0.2, 0) is 32.9 Å². The number of benzene rings is 4. The van der Waals surface area contributed by atoms with E-state index >= 15 is 0 Å². The number of fused-ring (bicyclic) bond motifs is 1. The van der Waals surface area contributed by atoms with Gasteiger partial charge in [-0.15, -0.1) is 6.58 Å². The van der Waals surface area contributed by atoms with Crippen LogP contribution >= 0.6 is 0 Å². The maximum absolute atomic E-state index is 14.1. The highest BCUT2D eigenvalue weighted by Crippen LogP contribution is 2.47. The summed E-state index contributed by atoms with van der Waals surface area (Å²) in [4.78, 5) is 0.211. The maximum Gasteiger partial charge on any atom is 0.264 e. The van der Waals surface area contributed by atoms with Crippen LogP contribution in [0.25, 0.3) is 11.1 Å². The van der Waals surface area contributed by atoms with E-state index in [1.807, 2.05) is 12.1 Å². The van der Waals surface area contributed by atoms with Gasteiger partial charge in [-0.05, 0) is 79.3 Å². The van der Waals surface area contributed by atoms with Crippen molar-refractivity contribution in [3.05, 3.63) is 115 Å². The first-order valence-corrected chi connectivity index (χ1v) is 16.3. The van der Waals surface area contributed by atoms with Crippen molar-refractivity contribution >= 4 is 31.4 Å². The molecule has 7 nitrogen and oxygen atoms in total. The molecule has 1 aliphatic carbocycles. The highest BCUT2D eigenvalue weighted by atomic mass is 32.2. The zero-order valence-electron chi connectivity index (χ0n) is 22.8. The molecule has 9 heteroatoms. The van der Waals surface area contributed by atoms with Crippen LogP contribution in [-0.4, -0.2) is 30.5 Å². The van der Waals surface area contributed by atoms with Crippen LogP contribution in [0.4, 0.5) is 11.4 Å². The van der Waals surface area contributed by atoms with Crippen LogP contribution < -0.4 is 13.8 Å². The van der Waals surface area contributed by atoms with Gasteiger partial charge in [0.05, 0.1) is 34.8 Å². The molecule has 0 saturated carbocycles. The summed E-state index contributed by atoms with van der Waals surface area (Å²) < 4.78 is 65.1. The predicted molar refractivity (Wildman–Crippen MR) is 163 cm³/mol. The van der Waals surface area contributed by atoms with Gasteiger partial charge in [-0.25, -0.2) is 16.8 Å². The lowest BCUT2D eigenvalue weighted by molar-refractivity contribution is 0.415. The van der Waals surface area contributed by atoms with Crippen molar-refractivity contribution in [1.29, 1.82) is 0 Å². The molecule has 0 spiro atoms. The van der Waals surface area contributed by atoms with Crippen LogP contribution in [0.2, 0.25) is 0 Å². The number of hydrogen-bond acceptors (Lipinski definition) is 5. The van der Waals surface area contributed by atoms with Crippen molar-refractivity contribution in [2.75, 3.05) is 22.7 Å². The largest absolute Gasteiger partial charge is 0.496 e. The number of ether oxygens (including phenoxy) is 1. The second-order valence-corrected chi connectivity index (χ2v) is 13.3. The van der Waals surface area contributed by atoms with Crippen LogP contribution in [0, 0.1) is 0 Å². The fraction of sp³-hybridized carbons (Fsp3) is 0.188. The highest BCUT2D eigenvalue weighted by Gasteiger charge is 2.31. The summed E-state index contributed by atoms with van der Waals surface area (Å²) in [6, 6.07) is 25.2. The summed E-state index contributed by atoms with van der Waals surface area (Å²) >= 11 is 0. The summed E-state index contributed by atoms with van der Waals surface area (Å²) in [7, 11) is -6.50. The summed E-state index contributed by atoms with van der Waals surface area (Å²) in [6.45, 7) is 3.79. The monoisotopic (exact) mass is 588 g/mol. The summed E-state index contributed by atoms with van der Waals surface area (Å²) in [5.74, 6) is 0.536. The molecule has 5 rings (SSSR count). The average molecular weight is 589 g/mol. The van der Waals surface area contributed by atoms with Gasteiger partial charge >= 0.3 is 0 Å². The van der Waals surface area contributed by atoms with Gasteiger partial charge in [0.1, 0.15) is 5.75 Å². The van der Waals surface area contributed by atoms with Crippen LogP contribution in [0.5, 0.6) is 5.75 Å². The number of aryl methyl sites for hydroxylation is 1. The summed E-state index contributed by atoms with van der Waals surface area (Å²) in [5, 5.41) is 0. The molecule has 0 fully saturated rings. The normalized spacial score (nSPS) is 13.2. The Balaban J connectivity index is 1.82. The van der Waals surface area contributed by atoms with Gasteiger partial charge < -0.3 is 4.74 Å². The number of hydrogen-bond donors (Lipinski definition) is 1. The van der Waals surface area contributed by atoms with Gasteiger partial charge in [0.2, 0.25) is 0 Å². The predicted octanol–water partition coefficient (Wildman–Crippen LogP) is 6.42. The Morgan fingerprint density at radius 3 is 2.12 bits per heavy atom. The molecule has 0 aromatic heterocycles. The van der Waals surface area contributed by atoms with Gasteiger partial charge in [0.25, 0.3) is 20.0 Å². The Morgan fingerprint density at radius 2 is 1.46 bits per heavy atom. The topological polar surface area (TPSA) is 92.8 Å². The van der Waals surface area contributed by atoms with Crippen molar-refractivity contribution in [1.82, 2.24) is 0 Å². The molecule has 0 amide bonds. The van der Waals surface area contributed by atoms with Gasteiger partial charge in [0.15, 0.2) is 0 Å². The van der Waals surface area contributed by atoms with E-state index in [4.69, 9.17) is 4.74 Å². The SMILES string of the molecule is C=CCN(c1cccc(NS(=O)(=O)c2ccccc2)c1-c1c(OC)ccc2c1CCCC2)S(=O)(=O)c1ccccc1. The third kappa shape index (κ3) is 5.60. The van der Waals surface area contributed by atoms with Gasteiger partial charge in [-0.1, -0.05) is 54.6 Å². The van der Waals surface area contributed by atoms with Crippen molar-refractivity contribution in [2.24, 2.45) is 0 Å². The molecule has 0 atom stereocenters. The Kier molecular flexibility index (Phi) is 8.19. The minimum absolute atomic E-state index is 0.0313. The molecule has 0 unspecified atom stereocenters. The molecule has 212 valence electrons. The number of nitrogens with zero attached hydrogens (tertiary/aromatic N) is 1. The molecule has 0 saturated heterocycles. The highest BCUT2D eigenvalue weighted by molar-refractivity contribution is 7.93. The van der Waals surface area contributed by atoms with Crippen molar-refractivity contribution in [3.63, 3.8) is 0 Å². The third-order valence-electron chi connectivity index (χ3n) is 7.20. The van der Waals surface area contributed by atoms with Gasteiger partial charge in [-0.2, -0.15) is 0 Å². The Bertz CT molecular complexity index is 1770. The van der Waals surface area contributed by atoms with Gasteiger partial charge in [0, 0.05) is 11.1 Å². The molecule has 4 aromatic carbocycles. The number of anilines is 2. The van der Waals surface area contributed by atoms with Crippen LogP contribution in [0.15, 0.2) is 113 Å². The zero-order chi connectivity index (χ0) is 29.0. The summed E-state index contributed by atoms with van der Waals surface area (Å²) in [6.07, 6.45) is 5.15. The number of sulfonamides is 2. The van der Waals surface area contributed by atoms with Crippen molar-refractivity contribution in [2.45, 2.75) is 35.5 Å². The lowest BCUT2D eigenvalue weighted by Crippen LogP contribution is -2.32. The average Bonchev–Trinajstić information content (AvgIpc) is 3.00. The van der Waals surface area contributed by atoms with Crippen LogP contribution in [0.3, 0.4) is 0 Å². The Labute approximate surface area is 242 Å². The van der Waals surface area contributed by atoms with E-state index in [1.165, 1.54) is 34.6 Å². The molecule has 0 aliphatic heterocycles. The molecule has 0 bridgehead atoms. The van der Waals surface area contributed by atoms with E-state index < -0.39 is 20.0 Å². The minimum Gasteiger partial charge on any atom is -0.496 e. The second-order valence-electron chi connectivity index (χ2n) is 9.74. The summed E-state index contributed by atoms with van der Waals surface area (Å²) in [5.41, 5.74) is 3.85. The third-order valence-corrected chi connectivity index (χ3v) is 10.4. The minimum atomic E-state index is -4.06. The van der Waals surface area contributed by atoms with Gasteiger partial charge in [-0.3, -0.25) is 9.03 Å². The second kappa shape index (κ2) is 11.8. The Morgan fingerprint density at radius 1 is 0.805 bits per heavy atom. The molecule has 41 heavy (non-hydrogen) atoms. The van der Waals surface area contributed by atoms with E-state index in [1.54, 1.807) is 61.7 Å². The molecule has 1 N–H and O–H groups in total. The van der Waals surface area contributed by atoms with E-state index in [2.05, 4.69) is 11.3 Å². The fourth-order valence-corrected chi connectivity index (χ4v) is 7.87. The van der Waals surface area contributed by atoms with E-state index in [0.29, 0.717) is 22.6 Å². The lowest BCUT2D eigenvalue weighted by Gasteiger charge is -2.30. The zero-order valence-corrected chi connectivity index (χ0v) is 24.4.